The molecule has 0 heterocycles. The molecule has 0 radical (unpaired) electrons. The first-order valence-corrected chi connectivity index (χ1v) is 8.30. The predicted molar refractivity (Wildman–Crippen MR) is 94.0 cm³/mol. The lowest BCUT2D eigenvalue weighted by atomic mass is 10.2. The summed E-state index contributed by atoms with van der Waals surface area (Å²) < 4.78 is 12.9. The molecule has 2 rings (SSSR count). The zero-order valence-electron chi connectivity index (χ0n) is 14.1. The fraction of sp³-hybridized carbons (Fsp3) is 0.500. The predicted octanol–water partition coefficient (Wildman–Crippen LogP) is 2.53. The van der Waals surface area contributed by atoms with Crippen molar-refractivity contribution in [2.75, 3.05) is 26.7 Å². The first kappa shape index (κ1) is 17.5. The van der Waals surface area contributed by atoms with E-state index < -0.39 is 0 Å². The second-order valence-corrected chi connectivity index (χ2v) is 5.91. The fourth-order valence-electron chi connectivity index (χ4n) is 2.56. The van der Waals surface area contributed by atoms with Gasteiger partial charge in [-0.1, -0.05) is 24.3 Å². The molecule has 1 aromatic rings. The molecule has 0 aliphatic heterocycles. The SMILES string of the molecule is CCNC(=NCCN(C)Cc1ccc(F)cc1)NC1CC=CC1. The smallest absolute Gasteiger partial charge is 0.191 e. The van der Waals surface area contributed by atoms with E-state index in [1.165, 1.54) is 12.1 Å². The van der Waals surface area contributed by atoms with Crippen molar-refractivity contribution in [2.45, 2.75) is 32.4 Å². The van der Waals surface area contributed by atoms with Crippen LogP contribution in [0.2, 0.25) is 0 Å². The van der Waals surface area contributed by atoms with E-state index >= 15 is 0 Å². The van der Waals surface area contributed by atoms with Gasteiger partial charge in [0.15, 0.2) is 5.96 Å². The summed E-state index contributed by atoms with van der Waals surface area (Å²) in [5.41, 5.74) is 1.11. The molecule has 0 unspecified atom stereocenters. The minimum atomic E-state index is -0.191. The standard InChI is InChI=1S/C18H27FN4/c1-3-20-18(22-17-6-4-5-7-17)21-12-13-23(2)14-15-8-10-16(19)11-9-15/h4-5,8-11,17H,3,6-7,12-14H2,1-2H3,(H2,20,21,22). The highest BCUT2D eigenvalue weighted by Crippen LogP contribution is 2.08. The van der Waals surface area contributed by atoms with Crippen LogP contribution in [0.25, 0.3) is 0 Å². The van der Waals surface area contributed by atoms with Crippen LogP contribution >= 0.6 is 0 Å². The van der Waals surface area contributed by atoms with Gasteiger partial charge in [-0.3, -0.25) is 4.99 Å². The van der Waals surface area contributed by atoms with Crippen LogP contribution < -0.4 is 10.6 Å². The molecule has 126 valence electrons. The van der Waals surface area contributed by atoms with Gasteiger partial charge < -0.3 is 15.5 Å². The molecule has 0 amide bonds. The Hall–Kier alpha value is -1.88. The van der Waals surface area contributed by atoms with Crippen molar-refractivity contribution in [3.63, 3.8) is 0 Å². The number of nitrogens with one attached hydrogen (secondary N) is 2. The highest BCUT2D eigenvalue weighted by molar-refractivity contribution is 5.80. The summed E-state index contributed by atoms with van der Waals surface area (Å²) in [5.74, 6) is 0.695. The second kappa shape index (κ2) is 9.30. The minimum Gasteiger partial charge on any atom is -0.357 e. The number of hydrogen-bond donors (Lipinski definition) is 2. The number of benzene rings is 1. The molecule has 0 spiro atoms. The Morgan fingerprint density at radius 3 is 2.61 bits per heavy atom. The Balaban J connectivity index is 1.76. The molecule has 2 N–H and O–H groups in total. The van der Waals surface area contributed by atoms with E-state index in [-0.39, 0.29) is 5.82 Å². The summed E-state index contributed by atoms with van der Waals surface area (Å²) in [6.07, 6.45) is 6.54. The molecule has 0 aromatic heterocycles. The largest absolute Gasteiger partial charge is 0.357 e. The molecule has 5 heteroatoms. The van der Waals surface area contributed by atoms with Crippen molar-refractivity contribution in [3.8, 4) is 0 Å². The molecule has 1 aromatic carbocycles. The Bertz CT molecular complexity index is 516. The van der Waals surface area contributed by atoms with Gasteiger partial charge in [0.2, 0.25) is 0 Å². The topological polar surface area (TPSA) is 39.7 Å². The lowest BCUT2D eigenvalue weighted by Gasteiger charge is -2.18. The van der Waals surface area contributed by atoms with Crippen LogP contribution in [0.15, 0.2) is 41.4 Å². The fourth-order valence-corrected chi connectivity index (χ4v) is 2.56. The Kier molecular flexibility index (Phi) is 7.07. The number of halogens is 1. The van der Waals surface area contributed by atoms with Gasteiger partial charge in [-0.25, -0.2) is 4.39 Å². The lowest BCUT2D eigenvalue weighted by Crippen LogP contribution is -2.42. The van der Waals surface area contributed by atoms with Crippen LogP contribution in [0, 0.1) is 5.82 Å². The van der Waals surface area contributed by atoms with E-state index in [0.29, 0.717) is 6.04 Å². The zero-order valence-corrected chi connectivity index (χ0v) is 14.1. The molecular weight excluding hydrogens is 291 g/mol. The van der Waals surface area contributed by atoms with Gasteiger partial charge >= 0.3 is 0 Å². The quantitative estimate of drug-likeness (QED) is 0.461. The van der Waals surface area contributed by atoms with Crippen molar-refractivity contribution in [3.05, 3.63) is 47.8 Å². The van der Waals surface area contributed by atoms with Crippen LogP contribution in [-0.4, -0.2) is 43.6 Å². The third-order valence-electron chi connectivity index (χ3n) is 3.81. The number of rotatable bonds is 7. The lowest BCUT2D eigenvalue weighted by molar-refractivity contribution is 0.336. The molecule has 0 atom stereocenters. The van der Waals surface area contributed by atoms with Crippen molar-refractivity contribution in [1.82, 2.24) is 15.5 Å². The van der Waals surface area contributed by atoms with Gasteiger partial charge in [-0.2, -0.15) is 0 Å². The number of nitrogens with zero attached hydrogens (tertiary/aromatic N) is 2. The molecule has 0 bridgehead atoms. The number of likely N-dealkylation sites (N-methyl/N-ethyl adjacent to an activating group) is 1. The van der Waals surface area contributed by atoms with Crippen molar-refractivity contribution in [2.24, 2.45) is 4.99 Å². The summed E-state index contributed by atoms with van der Waals surface area (Å²) in [4.78, 5) is 6.83. The zero-order chi connectivity index (χ0) is 16.5. The first-order chi connectivity index (χ1) is 11.2. The molecule has 0 saturated heterocycles. The van der Waals surface area contributed by atoms with E-state index in [4.69, 9.17) is 0 Å². The number of hydrogen-bond acceptors (Lipinski definition) is 2. The Labute approximate surface area is 138 Å². The summed E-state index contributed by atoms with van der Waals surface area (Å²) in [6, 6.07) is 7.13. The summed E-state index contributed by atoms with van der Waals surface area (Å²) in [7, 11) is 2.06. The van der Waals surface area contributed by atoms with Crippen molar-refractivity contribution in [1.29, 1.82) is 0 Å². The van der Waals surface area contributed by atoms with Crippen molar-refractivity contribution < 1.29 is 4.39 Å². The molecule has 0 fully saturated rings. The number of guanidine groups is 1. The van der Waals surface area contributed by atoms with Crippen LogP contribution in [0.5, 0.6) is 0 Å². The van der Waals surface area contributed by atoms with E-state index in [9.17, 15) is 4.39 Å². The third-order valence-corrected chi connectivity index (χ3v) is 3.81. The third kappa shape index (κ3) is 6.40. The summed E-state index contributed by atoms with van der Waals surface area (Å²) in [6.45, 7) is 5.32. The molecule has 23 heavy (non-hydrogen) atoms. The van der Waals surface area contributed by atoms with Crippen LogP contribution in [-0.2, 0) is 6.54 Å². The van der Waals surface area contributed by atoms with Gasteiger partial charge in [-0.15, -0.1) is 0 Å². The second-order valence-electron chi connectivity index (χ2n) is 5.91. The molecule has 0 saturated carbocycles. The monoisotopic (exact) mass is 318 g/mol. The van der Waals surface area contributed by atoms with Crippen molar-refractivity contribution >= 4 is 5.96 Å². The van der Waals surface area contributed by atoms with Gasteiger partial charge in [0.05, 0.1) is 6.54 Å². The van der Waals surface area contributed by atoms with Gasteiger partial charge in [0.25, 0.3) is 0 Å². The summed E-state index contributed by atoms with van der Waals surface area (Å²) in [5, 5.41) is 6.75. The summed E-state index contributed by atoms with van der Waals surface area (Å²) >= 11 is 0. The molecule has 1 aliphatic rings. The van der Waals surface area contributed by atoms with Gasteiger partial charge in [-0.05, 0) is 44.5 Å². The van der Waals surface area contributed by atoms with E-state index in [0.717, 1.165) is 50.5 Å². The first-order valence-electron chi connectivity index (χ1n) is 8.30. The van der Waals surface area contributed by atoms with Crippen LogP contribution in [0.4, 0.5) is 4.39 Å². The van der Waals surface area contributed by atoms with E-state index in [1.807, 2.05) is 12.1 Å². The maximum absolute atomic E-state index is 12.9. The normalized spacial score (nSPS) is 15.4. The average Bonchev–Trinajstić information content (AvgIpc) is 3.03. The maximum Gasteiger partial charge on any atom is 0.191 e. The molecule has 1 aliphatic carbocycles. The Morgan fingerprint density at radius 2 is 1.96 bits per heavy atom. The average molecular weight is 318 g/mol. The van der Waals surface area contributed by atoms with Gasteiger partial charge in [0.1, 0.15) is 5.82 Å². The van der Waals surface area contributed by atoms with Crippen LogP contribution in [0.1, 0.15) is 25.3 Å². The van der Waals surface area contributed by atoms with E-state index in [1.54, 1.807) is 0 Å². The molecular formula is C18H27FN4. The maximum atomic E-state index is 12.9. The molecule has 4 nitrogen and oxygen atoms in total. The van der Waals surface area contributed by atoms with E-state index in [2.05, 4.69) is 46.6 Å². The Morgan fingerprint density at radius 1 is 1.26 bits per heavy atom. The van der Waals surface area contributed by atoms with Crippen LogP contribution in [0.3, 0.4) is 0 Å². The number of aliphatic imine (C=N–C) groups is 1. The minimum absolute atomic E-state index is 0.191. The van der Waals surface area contributed by atoms with Gasteiger partial charge in [0, 0.05) is 25.7 Å². The highest BCUT2D eigenvalue weighted by atomic mass is 19.1. The highest BCUT2D eigenvalue weighted by Gasteiger charge is 2.11.